The highest BCUT2D eigenvalue weighted by molar-refractivity contribution is 5.86. The third-order valence-corrected chi connectivity index (χ3v) is 1.94. The average Bonchev–Trinajstić information content (AvgIpc) is 2.10. The van der Waals surface area contributed by atoms with Gasteiger partial charge in [0.05, 0.1) is 12.5 Å². The molecule has 86 valence electrons. The fourth-order valence-electron chi connectivity index (χ4n) is 0.837. The van der Waals surface area contributed by atoms with Crippen molar-refractivity contribution in [2.24, 2.45) is 5.73 Å². The van der Waals surface area contributed by atoms with Crippen LogP contribution in [0.15, 0.2) is 0 Å². The maximum Gasteiger partial charge on any atom is 0.415 e. The van der Waals surface area contributed by atoms with E-state index < -0.39 is 17.6 Å². The maximum absolute atomic E-state index is 12.3. The Balaban J connectivity index is 4.64. The second-order valence-electron chi connectivity index (χ2n) is 3.33. The van der Waals surface area contributed by atoms with Gasteiger partial charge >= 0.3 is 6.18 Å². The maximum atomic E-state index is 12.3. The number of carbonyl (C=O) groups excluding carboxylic acids is 1. The molecule has 0 spiro atoms. The number of nitriles is 1. The van der Waals surface area contributed by atoms with E-state index in [0.717, 1.165) is 4.90 Å². The molecule has 2 N–H and O–H groups in total. The first-order valence-electron chi connectivity index (χ1n) is 4.12. The van der Waals surface area contributed by atoms with Crippen LogP contribution < -0.4 is 5.73 Å². The highest BCUT2D eigenvalue weighted by Gasteiger charge is 2.54. The molecule has 7 heteroatoms. The van der Waals surface area contributed by atoms with E-state index in [1.807, 2.05) is 0 Å². The van der Waals surface area contributed by atoms with Gasteiger partial charge in [0.1, 0.15) is 0 Å². The molecule has 0 saturated carbocycles. The Hall–Kier alpha value is -1.29. The summed E-state index contributed by atoms with van der Waals surface area (Å²) in [7, 11) is 1.18. The lowest BCUT2D eigenvalue weighted by Crippen LogP contribution is -2.61. The zero-order chi connectivity index (χ0) is 12.3. The molecule has 1 unspecified atom stereocenters. The molecule has 0 aliphatic carbocycles. The van der Waals surface area contributed by atoms with Crippen LogP contribution in [0.4, 0.5) is 13.2 Å². The summed E-state index contributed by atoms with van der Waals surface area (Å²) in [5.41, 5.74) is 2.01. The number of likely N-dealkylation sites (N-methyl/N-ethyl adjacent to an activating group) is 1. The molecular formula is C8H12F3N3O. The van der Waals surface area contributed by atoms with Crippen LogP contribution in [-0.4, -0.2) is 36.1 Å². The first-order valence-corrected chi connectivity index (χ1v) is 4.12. The number of halogens is 3. The standard InChI is InChI=1S/C8H12F3N3O/c1-7(13,8(9,10)11)6(15)14(2)5-3-4-12/h3,5,13H2,1-2H3. The van der Waals surface area contributed by atoms with Gasteiger partial charge in [-0.05, 0) is 6.92 Å². The van der Waals surface area contributed by atoms with Crippen molar-refractivity contribution in [3.8, 4) is 6.07 Å². The Morgan fingerprint density at radius 1 is 1.53 bits per heavy atom. The van der Waals surface area contributed by atoms with Gasteiger partial charge in [-0.2, -0.15) is 18.4 Å². The van der Waals surface area contributed by atoms with Crippen LogP contribution in [0, 0.1) is 11.3 Å². The number of nitrogens with two attached hydrogens (primary N) is 1. The first-order chi connectivity index (χ1) is 6.64. The highest BCUT2D eigenvalue weighted by Crippen LogP contribution is 2.29. The number of hydrogen-bond donors (Lipinski definition) is 1. The molecule has 0 aromatic rings. The molecule has 15 heavy (non-hydrogen) atoms. The Labute approximate surface area is 85.4 Å². The molecule has 4 nitrogen and oxygen atoms in total. The van der Waals surface area contributed by atoms with Crippen molar-refractivity contribution >= 4 is 5.91 Å². The Kier molecular flexibility index (Phi) is 4.10. The van der Waals surface area contributed by atoms with Crippen molar-refractivity contribution in [2.45, 2.75) is 25.1 Å². The van der Waals surface area contributed by atoms with Crippen molar-refractivity contribution in [3.63, 3.8) is 0 Å². The summed E-state index contributed by atoms with van der Waals surface area (Å²) in [5.74, 6) is -1.25. The molecule has 0 saturated heterocycles. The van der Waals surface area contributed by atoms with Crippen molar-refractivity contribution in [1.82, 2.24) is 4.90 Å². The molecule has 0 aliphatic rings. The van der Waals surface area contributed by atoms with Crippen LogP contribution in [0.3, 0.4) is 0 Å². The molecule has 0 aromatic carbocycles. The third-order valence-electron chi connectivity index (χ3n) is 1.94. The number of hydrogen-bond acceptors (Lipinski definition) is 3. The molecular weight excluding hydrogens is 211 g/mol. The molecule has 0 aromatic heterocycles. The second-order valence-corrected chi connectivity index (χ2v) is 3.33. The molecule has 1 amide bonds. The van der Waals surface area contributed by atoms with Gasteiger partial charge in [0, 0.05) is 13.6 Å². The lowest BCUT2D eigenvalue weighted by atomic mass is 10.0. The molecule has 0 fully saturated rings. The summed E-state index contributed by atoms with van der Waals surface area (Å²) in [4.78, 5) is 12.1. The van der Waals surface area contributed by atoms with Crippen LogP contribution in [0.25, 0.3) is 0 Å². The van der Waals surface area contributed by atoms with Gasteiger partial charge in [-0.1, -0.05) is 0 Å². The van der Waals surface area contributed by atoms with Crippen molar-refractivity contribution < 1.29 is 18.0 Å². The zero-order valence-electron chi connectivity index (χ0n) is 8.43. The fourth-order valence-corrected chi connectivity index (χ4v) is 0.837. The van der Waals surface area contributed by atoms with Crippen LogP contribution in [0.1, 0.15) is 13.3 Å². The van der Waals surface area contributed by atoms with Gasteiger partial charge in [-0.25, -0.2) is 0 Å². The summed E-state index contributed by atoms with van der Waals surface area (Å²) in [6.45, 7) is 0.538. The van der Waals surface area contributed by atoms with E-state index in [0.29, 0.717) is 6.92 Å². The minimum Gasteiger partial charge on any atom is -0.343 e. The van der Waals surface area contributed by atoms with E-state index in [9.17, 15) is 18.0 Å². The number of nitrogens with zero attached hydrogens (tertiary/aromatic N) is 2. The topological polar surface area (TPSA) is 70.1 Å². The molecule has 0 aliphatic heterocycles. The molecule has 1 atom stereocenters. The van der Waals surface area contributed by atoms with Gasteiger partial charge in [-0.3, -0.25) is 4.79 Å². The summed E-state index contributed by atoms with van der Waals surface area (Å²) in [6.07, 6.45) is -4.83. The monoisotopic (exact) mass is 223 g/mol. The van der Waals surface area contributed by atoms with Crippen LogP contribution in [0.5, 0.6) is 0 Å². The largest absolute Gasteiger partial charge is 0.415 e. The second kappa shape index (κ2) is 4.49. The normalized spacial score (nSPS) is 15.3. The van der Waals surface area contributed by atoms with Crippen LogP contribution >= 0.6 is 0 Å². The average molecular weight is 223 g/mol. The number of rotatable bonds is 3. The fraction of sp³-hybridized carbons (Fsp3) is 0.750. The molecule has 0 rings (SSSR count). The Morgan fingerprint density at radius 2 is 2.00 bits per heavy atom. The molecule has 0 bridgehead atoms. The van der Waals surface area contributed by atoms with Gasteiger partial charge in [0.2, 0.25) is 0 Å². The van der Waals surface area contributed by atoms with E-state index in [1.54, 1.807) is 6.07 Å². The SMILES string of the molecule is CN(CCC#N)C(=O)C(C)(N)C(F)(F)F. The van der Waals surface area contributed by atoms with E-state index >= 15 is 0 Å². The lowest BCUT2D eigenvalue weighted by Gasteiger charge is -2.30. The van der Waals surface area contributed by atoms with Crippen molar-refractivity contribution in [1.29, 1.82) is 5.26 Å². The van der Waals surface area contributed by atoms with Crippen molar-refractivity contribution in [2.75, 3.05) is 13.6 Å². The number of amides is 1. The third kappa shape index (κ3) is 3.09. The first kappa shape index (κ1) is 13.7. The quantitative estimate of drug-likeness (QED) is 0.763. The summed E-state index contributed by atoms with van der Waals surface area (Å²) in [5, 5.41) is 8.22. The minimum atomic E-state index is -4.80. The summed E-state index contributed by atoms with van der Waals surface area (Å²) in [6, 6.07) is 1.73. The summed E-state index contributed by atoms with van der Waals surface area (Å²) < 4.78 is 37.0. The molecule has 0 radical (unpaired) electrons. The van der Waals surface area contributed by atoms with Gasteiger partial charge in [0.25, 0.3) is 5.91 Å². The number of carbonyl (C=O) groups is 1. The van der Waals surface area contributed by atoms with Gasteiger partial charge in [-0.15, -0.1) is 0 Å². The Bertz CT molecular complexity index is 280. The van der Waals surface area contributed by atoms with E-state index in [-0.39, 0.29) is 13.0 Å². The van der Waals surface area contributed by atoms with Gasteiger partial charge in [0.15, 0.2) is 5.54 Å². The number of alkyl halides is 3. The zero-order valence-corrected chi connectivity index (χ0v) is 8.43. The van der Waals surface area contributed by atoms with Crippen LogP contribution in [0.2, 0.25) is 0 Å². The molecule has 0 heterocycles. The van der Waals surface area contributed by atoms with E-state index in [1.165, 1.54) is 7.05 Å². The van der Waals surface area contributed by atoms with Crippen LogP contribution in [-0.2, 0) is 4.79 Å². The predicted molar refractivity (Wildman–Crippen MR) is 46.5 cm³/mol. The highest BCUT2D eigenvalue weighted by atomic mass is 19.4. The van der Waals surface area contributed by atoms with E-state index in [4.69, 9.17) is 11.0 Å². The lowest BCUT2D eigenvalue weighted by molar-refractivity contribution is -0.192. The van der Waals surface area contributed by atoms with Crippen molar-refractivity contribution in [3.05, 3.63) is 0 Å². The smallest absolute Gasteiger partial charge is 0.343 e. The Morgan fingerprint density at radius 3 is 2.33 bits per heavy atom. The minimum absolute atomic E-state index is 0.0316. The van der Waals surface area contributed by atoms with E-state index in [2.05, 4.69) is 0 Å². The summed E-state index contributed by atoms with van der Waals surface area (Å²) >= 11 is 0. The van der Waals surface area contributed by atoms with Gasteiger partial charge < -0.3 is 10.6 Å². The predicted octanol–water partition coefficient (Wildman–Crippen LogP) is 0.638.